The van der Waals surface area contributed by atoms with E-state index in [-0.39, 0.29) is 21.0 Å². The van der Waals surface area contributed by atoms with Crippen LogP contribution in [0.3, 0.4) is 0 Å². The number of hydrogen-bond donors (Lipinski definition) is 3. The van der Waals surface area contributed by atoms with E-state index in [4.69, 9.17) is 0 Å². The summed E-state index contributed by atoms with van der Waals surface area (Å²) < 4.78 is 55.3. The normalized spacial score (nSPS) is 14.3. The summed E-state index contributed by atoms with van der Waals surface area (Å²) in [6, 6.07) is 8.94. The van der Waals surface area contributed by atoms with E-state index in [0.29, 0.717) is 24.4 Å². The number of sulfonamides is 2. The zero-order valence-electron chi connectivity index (χ0n) is 15.4. The van der Waals surface area contributed by atoms with E-state index in [1.807, 2.05) is 0 Å². The fraction of sp³-hybridized carbons (Fsp3) is 0.222. The van der Waals surface area contributed by atoms with Crippen LogP contribution in [-0.2, 0) is 20.0 Å². The molecule has 0 saturated heterocycles. The Hall–Kier alpha value is -2.92. The molecule has 0 saturated carbocycles. The third kappa shape index (κ3) is 4.74. The molecule has 1 aliphatic heterocycles. The molecule has 1 aliphatic rings. The summed E-state index contributed by atoms with van der Waals surface area (Å²) in [4.78, 5) is 13.6. The Labute approximate surface area is 168 Å². The van der Waals surface area contributed by atoms with Gasteiger partial charge >= 0.3 is 10.0 Å². The summed E-state index contributed by atoms with van der Waals surface area (Å²) in [6.45, 7) is 2.20. The summed E-state index contributed by atoms with van der Waals surface area (Å²) >= 11 is 0. The number of rotatable bonds is 6. The lowest BCUT2D eigenvalue weighted by atomic mass is 10.1. The zero-order valence-corrected chi connectivity index (χ0v) is 17.1. The second kappa shape index (κ2) is 7.84. The van der Waals surface area contributed by atoms with Gasteiger partial charge in [-0.25, -0.2) is 8.42 Å². The molecule has 154 valence electrons. The fourth-order valence-corrected chi connectivity index (χ4v) is 5.33. The topological polar surface area (TPSA) is 146 Å². The third-order valence-corrected chi connectivity index (χ3v) is 7.22. The maximum absolute atomic E-state index is 12.7. The number of amidine groups is 1. The minimum Gasteiger partial charge on any atom is -0.545 e. The predicted octanol–water partition coefficient (Wildman–Crippen LogP) is -1.29. The highest BCUT2D eigenvalue weighted by molar-refractivity contribution is 7.92. The molecule has 3 N–H and O–H groups in total. The van der Waals surface area contributed by atoms with Gasteiger partial charge in [0.05, 0.1) is 29.5 Å². The van der Waals surface area contributed by atoms with Crippen molar-refractivity contribution < 1.29 is 31.7 Å². The van der Waals surface area contributed by atoms with Gasteiger partial charge < -0.3 is 9.90 Å². The quantitative estimate of drug-likeness (QED) is 0.512. The van der Waals surface area contributed by atoms with Crippen molar-refractivity contribution >= 4 is 37.5 Å². The molecule has 29 heavy (non-hydrogen) atoms. The van der Waals surface area contributed by atoms with Crippen molar-refractivity contribution in [2.75, 3.05) is 11.3 Å². The van der Waals surface area contributed by atoms with Crippen LogP contribution in [0.1, 0.15) is 28.8 Å². The van der Waals surface area contributed by atoms with Crippen molar-refractivity contribution in [3.8, 4) is 0 Å². The molecule has 0 fully saturated rings. The molecule has 2 aromatic carbocycles. The first kappa shape index (κ1) is 20.8. The van der Waals surface area contributed by atoms with E-state index in [1.165, 1.54) is 43.3 Å². The smallest absolute Gasteiger partial charge is 0.328 e. The lowest BCUT2D eigenvalue weighted by molar-refractivity contribution is -0.448. The van der Waals surface area contributed by atoms with E-state index in [2.05, 4.69) is 14.4 Å². The van der Waals surface area contributed by atoms with Gasteiger partial charge in [-0.3, -0.25) is 9.71 Å². The fourth-order valence-electron chi connectivity index (χ4n) is 2.85. The molecule has 0 aromatic heterocycles. The lowest BCUT2D eigenvalue weighted by Crippen LogP contribution is -2.72. The average molecular weight is 437 g/mol. The number of aryl methyl sites for hydroxylation is 1. The molecule has 2 aromatic rings. The Kier molecular flexibility index (Phi) is 5.62. The largest absolute Gasteiger partial charge is 0.545 e. The van der Waals surface area contributed by atoms with Gasteiger partial charge in [0, 0.05) is 0 Å². The van der Waals surface area contributed by atoms with Gasteiger partial charge in [-0.05, 0) is 48.7 Å². The zero-order chi connectivity index (χ0) is 21.2. The van der Waals surface area contributed by atoms with Crippen molar-refractivity contribution in [2.24, 2.45) is 0 Å². The molecule has 11 heteroatoms. The van der Waals surface area contributed by atoms with Gasteiger partial charge in [-0.1, -0.05) is 18.2 Å². The summed E-state index contributed by atoms with van der Waals surface area (Å²) in [6.07, 6.45) is 1.40. The Bertz CT molecular complexity index is 1200. The van der Waals surface area contributed by atoms with Crippen LogP contribution in [0.2, 0.25) is 0 Å². The van der Waals surface area contributed by atoms with E-state index in [0.717, 1.165) is 12.5 Å². The standard InChI is InChI=1S/C18H19N3O6S2/c1-12-7-8-13(18(22)23)10-16(12)29(26,27)20-14-4-2-5-15(11-14)28(24,25)21-17-6-3-9-19-17/h2,4-5,7-8,10-11,20H,3,6,9H2,1H3,(H,19,21)(H,22,23). The van der Waals surface area contributed by atoms with Gasteiger partial charge in [-0.2, -0.15) is 13.1 Å². The molecule has 0 radical (unpaired) electrons. The number of carbonyl (C=O) groups is 1. The van der Waals surface area contributed by atoms with Crippen molar-refractivity contribution in [1.29, 1.82) is 0 Å². The van der Waals surface area contributed by atoms with E-state index in [9.17, 15) is 26.7 Å². The lowest BCUT2D eigenvalue weighted by Gasteiger charge is -2.13. The first-order chi connectivity index (χ1) is 13.6. The Balaban J connectivity index is 1.90. The van der Waals surface area contributed by atoms with Crippen LogP contribution >= 0.6 is 0 Å². The summed E-state index contributed by atoms with van der Waals surface area (Å²) in [5.41, 5.74) is 0.0738. The van der Waals surface area contributed by atoms with Crippen LogP contribution in [0, 0.1) is 6.92 Å². The van der Waals surface area contributed by atoms with Gasteiger partial charge in [0.2, 0.25) is 0 Å². The second-order valence-electron chi connectivity index (χ2n) is 6.52. The molecule has 9 nitrogen and oxygen atoms in total. The van der Waals surface area contributed by atoms with E-state index >= 15 is 0 Å². The maximum atomic E-state index is 12.7. The molecule has 0 atom stereocenters. The van der Waals surface area contributed by atoms with E-state index in [1.54, 1.807) is 0 Å². The molecule has 0 amide bonds. The number of nitrogens with one attached hydrogen (secondary N) is 3. The van der Waals surface area contributed by atoms with Crippen LogP contribution < -0.4 is 19.5 Å². The van der Waals surface area contributed by atoms with Crippen LogP contribution in [0.4, 0.5) is 5.69 Å². The highest BCUT2D eigenvalue weighted by Crippen LogP contribution is 2.22. The summed E-state index contributed by atoms with van der Waals surface area (Å²) in [5.74, 6) is -1.01. The second-order valence-corrected chi connectivity index (χ2v) is 9.85. The summed E-state index contributed by atoms with van der Waals surface area (Å²) in [7, 11) is -8.04. The monoisotopic (exact) mass is 437 g/mol. The van der Waals surface area contributed by atoms with Crippen molar-refractivity contribution in [3.63, 3.8) is 0 Å². The molecule has 3 rings (SSSR count). The highest BCUT2D eigenvalue weighted by atomic mass is 32.2. The van der Waals surface area contributed by atoms with Crippen LogP contribution in [0.5, 0.6) is 0 Å². The van der Waals surface area contributed by atoms with Crippen LogP contribution in [-0.4, -0.2) is 35.2 Å². The number of carbonyl (C=O) groups excluding carboxylic acids is 1. The number of aromatic carboxylic acids is 1. The van der Waals surface area contributed by atoms with Crippen molar-refractivity contribution in [1.82, 2.24) is 4.72 Å². The highest BCUT2D eigenvalue weighted by Gasteiger charge is 2.25. The predicted molar refractivity (Wildman–Crippen MR) is 103 cm³/mol. The number of hydrogen-bond acceptors (Lipinski definition) is 6. The molecule has 1 heterocycles. The Morgan fingerprint density at radius 3 is 2.45 bits per heavy atom. The molecule has 0 aliphatic carbocycles. The van der Waals surface area contributed by atoms with Crippen molar-refractivity contribution in [2.45, 2.75) is 29.6 Å². The molecule has 0 unspecified atom stereocenters. The SMILES string of the molecule is Cc1ccc(C(=O)[O-])cc1S(=O)(=O)Nc1cccc(S(=O)(=O)NC2=[NH+]CCC2)c1. The number of carboxylic acid groups (broad SMARTS) is 1. The van der Waals surface area contributed by atoms with E-state index < -0.39 is 26.0 Å². The van der Waals surface area contributed by atoms with Crippen LogP contribution in [0.25, 0.3) is 0 Å². The molecule has 0 spiro atoms. The van der Waals surface area contributed by atoms with Gasteiger partial charge in [-0.15, -0.1) is 0 Å². The number of anilines is 1. The van der Waals surface area contributed by atoms with Crippen molar-refractivity contribution in [3.05, 3.63) is 53.6 Å². The first-order valence-corrected chi connectivity index (χ1v) is 11.6. The minimum atomic E-state index is -4.16. The Morgan fingerprint density at radius 1 is 1.03 bits per heavy atom. The number of carboxylic acids is 1. The molecular formula is C18H19N3O6S2. The number of benzene rings is 2. The Morgan fingerprint density at radius 2 is 1.79 bits per heavy atom. The van der Waals surface area contributed by atoms with Crippen LogP contribution in [0.15, 0.2) is 52.3 Å². The van der Waals surface area contributed by atoms with Gasteiger partial charge in [0.1, 0.15) is 4.90 Å². The third-order valence-electron chi connectivity index (χ3n) is 4.31. The molecule has 0 bridgehead atoms. The average Bonchev–Trinajstić information content (AvgIpc) is 3.14. The minimum absolute atomic E-state index is 0.0236. The molecular weight excluding hydrogens is 418 g/mol. The maximum Gasteiger partial charge on any atom is 0.328 e. The summed E-state index contributed by atoms with van der Waals surface area (Å²) in [5, 5.41) is 11.0. The van der Waals surface area contributed by atoms with Gasteiger partial charge in [0.15, 0.2) is 0 Å². The first-order valence-electron chi connectivity index (χ1n) is 8.66. The van der Waals surface area contributed by atoms with Gasteiger partial charge in [0.25, 0.3) is 15.9 Å².